The van der Waals surface area contributed by atoms with Crippen LogP contribution in [0.15, 0.2) is 5.38 Å². The van der Waals surface area contributed by atoms with Crippen molar-refractivity contribution in [1.82, 2.24) is 9.88 Å². The molecule has 0 aliphatic carbocycles. The Labute approximate surface area is 97.7 Å². The Morgan fingerprint density at radius 1 is 1.81 bits per heavy atom. The van der Waals surface area contributed by atoms with Gasteiger partial charge in [-0.15, -0.1) is 11.3 Å². The van der Waals surface area contributed by atoms with Crippen LogP contribution in [0.5, 0.6) is 0 Å². The van der Waals surface area contributed by atoms with Gasteiger partial charge in [0.1, 0.15) is 0 Å². The van der Waals surface area contributed by atoms with Crippen molar-refractivity contribution < 1.29 is 14.6 Å². The number of likely N-dealkylation sites (N-methyl/N-ethyl adjacent to an activating group) is 1. The summed E-state index contributed by atoms with van der Waals surface area (Å²) in [4.78, 5) is 16.9. The molecule has 1 N–H and O–H groups in total. The van der Waals surface area contributed by atoms with Gasteiger partial charge in [-0.1, -0.05) is 0 Å². The maximum atomic E-state index is 10.7. The van der Waals surface area contributed by atoms with Gasteiger partial charge in [-0.25, -0.2) is 9.78 Å². The van der Waals surface area contributed by atoms with Gasteiger partial charge in [0.25, 0.3) is 0 Å². The van der Waals surface area contributed by atoms with Crippen LogP contribution in [0.3, 0.4) is 0 Å². The second kappa shape index (κ2) is 4.90. The number of rotatable bonds is 4. The Morgan fingerprint density at radius 2 is 2.62 bits per heavy atom. The Hall–Kier alpha value is -0.980. The number of ether oxygens (including phenoxy) is 1. The number of hydrogen-bond acceptors (Lipinski definition) is 5. The Kier molecular flexibility index (Phi) is 3.52. The van der Waals surface area contributed by atoms with Crippen LogP contribution in [0.1, 0.15) is 21.9 Å². The molecule has 0 spiro atoms. The zero-order valence-corrected chi connectivity index (χ0v) is 9.87. The van der Waals surface area contributed by atoms with Crippen molar-refractivity contribution in [2.45, 2.75) is 19.0 Å². The first-order valence-electron chi connectivity index (χ1n) is 5.12. The number of aromatic carboxylic acids is 1. The molecule has 1 fully saturated rings. The molecule has 16 heavy (non-hydrogen) atoms. The maximum absolute atomic E-state index is 10.7. The first-order valence-corrected chi connectivity index (χ1v) is 6.00. The summed E-state index contributed by atoms with van der Waals surface area (Å²) in [6.07, 6.45) is 1.03. The van der Waals surface area contributed by atoms with Crippen LogP contribution < -0.4 is 0 Å². The summed E-state index contributed by atoms with van der Waals surface area (Å²) >= 11 is 1.17. The molecule has 1 unspecified atom stereocenters. The summed E-state index contributed by atoms with van der Waals surface area (Å²) in [6, 6.07) is 0.426. The number of carboxylic acids is 1. The van der Waals surface area contributed by atoms with E-state index in [0.717, 1.165) is 25.3 Å². The van der Waals surface area contributed by atoms with Crippen molar-refractivity contribution in [2.24, 2.45) is 0 Å². The van der Waals surface area contributed by atoms with Gasteiger partial charge < -0.3 is 9.84 Å². The number of nitrogens with zero attached hydrogens (tertiary/aromatic N) is 2. The predicted octanol–water partition coefficient (Wildman–Crippen LogP) is 1.06. The third kappa shape index (κ3) is 2.58. The average molecular weight is 242 g/mol. The minimum absolute atomic E-state index is 0.158. The summed E-state index contributed by atoms with van der Waals surface area (Å²) < 4.78 is 5.31. The first kappa shape index (κ1) is 11.5. The van der Waals surface area contributed by atoms with Crippen molar-refractivity contribution in [3.63, 3.8) is 0 Å². The third-order valence-electron chi connectivity index (χ3n) is 2.68. The van der Waals surface area contributed by atoms with Gasteiger partial charge in [0.05, 0.1) is 12.3 Å². The minimum Gasteiger partial charge on any atom is -0.476 e. The van der Waals surface area contributed by atoms with Crippen LogP contribution >= 0.6 is 11.3 Å². The Bertz CT molecular complexity index is 374. The molecule has 2 rings (SSSR count). The van der Waals surface area contributed by atoms with Crippen LogP contribution in [0, 0.1) is 0 Å². The van der Waals surface area contributed by atoms with Gasteiger partial charge in [-0.2, -0.15) is 0 Å². The largest absolute Gasteiger partial charge is 0.476 e. The Balaban J connectivity index is 1.94. The smallest absolute Gasteiger partial charge is 0.365 e. The van der Waals surface area contributed by atoms with Gasteiger partial charge in [-0.05, 0) is 13.5 Å². The fraction of sp³-hybridized carbons (Fsp3) is 0.600. The highest BCUT2D eigenvalue weighted by atomic mass is 32.1. The van der Waals surface area contributed by atoms with Crippen molar-refractivity contribution in [3.05, 3.63) is 16.1 Å². The molecule has 5 nitrogen and oxygen atoms in total. The van der Waals surface area contributed by atoms with Crippen molar-refractivity contribution in [1.29, 1.82) is 0 Å². The molecule has 1 aliphatic rings. The van der Waals surface area contributed by atoms with E-state index in [1.54, 1.807) is 5.38 Å². The quantitative estimate of drug-likeness (QED) is 0.855. The van der Waals surface area contributed by atoms with Gasteiger partial charge in [0.2, 0.25) is 5.01 Å². The van der Waals surface area contributed by atoms with Crippen molar-refractivity contribution in [2.75, 3.05) is 20.3 Å². The lowest BCUT2D eigenvalue weighted by Crippen LogP contribution is -2.31. The Morgan fingerprint density at radius 3 is 3.19 bits per heavy atom. The molecule has 1 aliphatic heterocycles. The topological polar surface area (TPSA) is 62.7 Å². The second-order valence-corrected chi connectivity index (χ2v) is 4.74. The lowest BCUT2D eigenvalue weighted by Gasteiger charge is -2.21. The number of carbonyl (C=O) groups is 1. The minimum atomic E-state index is -0.955. The number of thiazole rings is 1. The third-order valence-corrected chi connectivity index (χ3v) is 3.55. The van der Waals surface area contributed by atoms with Crippen LogP contribution in [-0.4, -0.2) is 47.3 Å². The summed E-state index contributed by atoms with van der Waals surface area (Å²) in [5.74, 6) is -0.955. The molecule has 1 saturated heterocycles. The average Bonchev–Trinajstić information content (AvgIpc) is 2.87. The van der Waals surface area contributed by atoms with Crippen molar-refractivity contribution in [3.8, 4) is 0 Å². The van der Waals surface area contributed by atoms with Crippen LogP contribution in [0.2, 0.25) is 0 Å². The molecule has 0 bridgehead atoms. The summed E-state index contributed by atoms with van der Waals surface area (Å²) in [7, 11) is 2.01. The first-order chi connectivity index (χ1) is 7.66. The van der Waals surface area contributed by atoms with Crippen LogP contribution in [-0.2, 0) is 11.3 Å². The zero-order valence-electron chi connectivity index (χ0n) is 9.05. The molecule has 0 aromatic carbocycles. The SMILES string of the molecule is CN(Cc1csc(C(=O)O)n1)C1CCOC1. The number of hydrogen-bond donors (Lipinski definition) is 1. The highest BCUT2D eigenvalue weighted by Crippen LogP contribution is 2.16. The second-order valence-electron chi connectivity index (χ2n) is 3.88. The van der Waals surface area contributed by atoms with Crippen LogP contribution in [0.25, 0.3) is 0 Å². The molecular weight excluding hydrogens is 228 g/mol. The number of carboxylic acid groups (broad SMARTS) is 1. The molecule has 0 amide bonds. The molecule has 6 heteroatoms. The molecule has 2 heterocycles. The highest BCUT2D eigenvalue weighted by molar-refractivity contribution is 7.11. The normalized spacial score (nSPS) is 20.5. The summed E-state index contributed by atoms with van der Waals surface area (Å²) in [6.45, 7) is 2.25. The highest BCUT2D eigenvalue weighted by Gasteiger charge is 2.21. The van der Waals surface area contributed by atoms with E-state index in [-0.39, 0.29) is 5.01 Å². The van der Waals surface area contributed by atoms with E-state index in [1.165, 1.54) is 11.3 Å². The van der Waals surface area contributed by atoms with E-state index in [9.17, 15) is 4.79 Å². The van der Waals surface area contributed by atoms with Gasteiger partial charge in [0.15, 0.2) is 0 Å². The monoisotopic (exact) mass is 242 g/mol. The maximum Gasteiger partial charge on any atom is 0.365 e. The molecular formula is C10H14N2O3S. The van der Waals surface area contributed by atoms with E-state index in [1.807, 2.05) is 7.05 Å². The summed E-state index contributed by atoms with van der Waals surface area (Å²) in [5.41, 5.74) is 0.816. The van der Waals surface area contributed by atoms with Gasteiger partial charge >= 0.3 is 5.97 Å². The lowest BCUT2D eigenvalue weighted by atomic mass is 10.2. The molecule has 1 atom stereocenters. The molecule has 1 aromatic rings. The van der Waals surface area contributed by atoms with Crippen molar-refractivity contribution >= 4 is 17.3 Å². The standard InChI is InChI=1S/C10H14N2O3S/c1-12(8-2-3-15-5-8)4-7-6-16-9(11-7)10(13)14/h6,8H,2-5H2,1H3,(H,13,14). The fourth-order valence-electron chi connectivity index (χ4n) is 1.73. The van der Waals surface area contributed by atoms with E-state index >= 15 is 0 Å². The van der Waals surface area contributed by atoms with E-state index in [0.29, 0.717) is 12.6 Å². The predicted molar refractivity (Wildman–Crippen MR) is 59.8 cm³/mol. The van der Waals surface area contributed by atoms with Gasteiger partial charge in [0, 0.05) is 24.6 Å². The van der Waals surface area contributed by atoms with Crippen LogP contribution in [0.4, 0.5) is 0 Å². The summed E-state index contributed by atoms with van der Waals surface area (Å²) in [5, 5.41) is 10.7. The molecule has 88 valence electrons. The molecule has 1 aromatic heterocycles. The lowest BCUT2D eigenvalue weighted by molar-refractivity contribution is 0.0696. The zero-order chi connectivity index (χ0) is 11.5. The van der Waals surface area contributed by atoms with E-state index < -0.39 is 5.97 Å². The molecule has 0 saturated carbocycles. The van der Waals surface area contributed by atoms with Gasteiger partial charge in [-0.3, -0.25) is 4.90 Å². The van der Waals surface area contributed by atoms with E-state index in [2.05, 4.69) is 9.88 Å². The number of aromatic nitrogens is 1. The fourth-order valence-corrected chi connectivity index (χ4v) is 2.38. The van der Waals surface area contributed by atoms with E-state index in [4.69, 9.17) is 9.84 Å². The molecule has 0 radical (unpaired) electrons.